The summed E-state index contributed by atoms with van der Waals surface area (Å²) in [4.78, 5) is 27.3. The molecule has 0 bridgehead atoms. The van der Waals surface area contributed by atoms with Crippen LogP contribution in [-0.2, 0) is 14.6 Å². The molecule has 1 aromatic heterocycles. The molecule has 0 aliphatic carbocycles. The van der Waals surface area contributed by atoms with E-state index >= 15 is 0 Å². The van der Waals surface area contributed by atoms with Gasteiger partial charge < -0.3 is 9.80 Å². The lowest BCUT2D eigenvalue weighted by atomic mass is 10.0. The number of aromatic nitrogens is 2. The summed E-state index contributed by atoms with van der Waals surface area (Å²) in [5.74, 6) is -0.725. The van der Waals surface area contributed by atoms with Crippen molar-refractivity contribution in [2.45, 2.75) is 19.0 Å². The third kappa shape index (κ3) is 2.56. The van der Waals surface area contributed by atoms with Crippen molar-refractivity contribution >= 4 is 21.7 Å². The van der Waals surface area contributed by atoms with E-state index in [0.29, 0.717) is 13.1 Å². The summed E-state index contributed by atoms with van der Waals surface area (Å²) < 4.78 is 23.9. The number of carbonyl (C=O) groups excluding carboxylic acids is 2. The van der Waals surface area contributed by atoms with E-state index in [2.05, 4.69) is 10.2 Å². The lowest BCUT2D eigenvalue weighted by Gasteiger charge is -2.43. The van der Waals surface area contributed by atoms with Gasteiger partial charge in [-0.3, -0.25) is 9.59 Å². The van der Waals surface area contributed by atoms with Gasteiger partial charge in [-0.15, -0.1) is 5.10 Å². The zero-order valence-electron chi connectivity index (χ0n) is 12.0. The second kappa shape index (κ2) is 5.31. The fraction of sp³-hybridized carbons (Fsp3) is 0.538. The molecular weight excluding hydrogens is 308 g/mol. The van der Waals surface area contributed by atoms with E-state index in [0.717, 1.165) is 0 Å². The van der Waals surface area contributed by atoms with Crippen LogP contribution in [0.4, 0.5) is 0 Å². The first kappa shape index (κ1) is 14.9. The van der Waals surface area contributed by atoms with Crippen LogP contribution in [0.25, 0.3) is 0 Å². The Balaban J connectivity index is 1.91. The molecule has 0 aromatic carbocycles. The number of fused-ring (bicyclic) bond motifs is 1. The van der Waals surface area contributed by atoms with Crippen LogP contribution in [0.3, 0.4) is 0 Å². The normalized spacial score (nSPS) is 26.6. The molecule has 0 saturated carbocycles. The summed E-state index contributed by atoms with van der Waals surface area (Å²) in [7, 11) is -3.27. The Labute approximate surface area is 128 Å². The average Bonchev–Trinajstić information content (AvgIpc) is 2.80. The molecule has 8 nitrogen and oxygen atoms in total. The molecule has 0 unspecified atom stereocenters. The van der Waals surface area contributed by atoms with Crippen LogP contribution in [0, 0.1) is 0 Å². The van der Waals surface area contributed by atoms with Crippen LogP contribution in [0.1, 0.15) is 17.4 Å². The quantitative estimate of drug-likeness (QED) is 0.653. The molecule has 2 aliphatic heterocycles. The minimum Gasteiger partial charge on any atom is -0.335 e. The highest BCUT2D eigenvalue weighted by Crippen LogP contribution is 2.27. The SMILES string of the molecule is CC(=O)N1CCN(C(=O)c2cccnn2)[C@@H]2CS(=O)(=O)C[C@@H]21. The Kier molecular flexibility index (Phi) is 3.59. The van der Waals surface area contributed by atoms with Crippen molar-refractivity contribution in [3.05, 3.63) is 24.0 Å². The first-order chi connectivity index (χ1) is 10.4. The number of hydrogen-bond donors (Lipinski definition) is 0. The third-order valence-corrected chi connectivity index (χ3v) is 5.83. The highest BCUT2D eigenvalue weighted by atomic mass is 32.2. The summed E-state index contributed by atoms with van der Waals surface area (Å²) >= 11 is 0. The van der Waals surface area contributed by atoms with Crippen LogP contribution in [0.15, 0.2) is 18.3 Å². The minimum absolute atomic E-state index is 0.0957. The molecule has 22 heavy (non-hydrogen) atoms. The van der Waals surface area contributed by atoms with Crippen LogP contribution >= 0.6 is 0 Å². The summed E-state index contributed by atoms with van der Waals surface area (Å²) in [6, 6.07) is 2.16. The Hall–Kier alpha value is -2.03. The van der Waals surface area contributed by atoms with E-state index < -0.39 is 21.9 Å². The van der Waals surface area contributed by atoms with E-state index in [1.807, 2.05) is 0 Å². The van der Waals surface area contributed by atoms with Gasteiger partial charge in [0, 0.05) is 26.2 Å². The van der Waals surface area contributed by atoms with Gasteiger partial charge in [-0.05, 0) is 12.1 Å². The lowest BCUT2D eigenvalue weighted by Crippen LogP contribution is -2.61. The van der Waals surface area contributed by atoms with Gasteiger partial charge in [0.2, 0.25) is 5.91 Å². The summed E-state index contributed by atoms with van der Waals surface area (Å²) in [5, 5.41) is 7.46. The number of amides is 2. The summed E-state index contributed by atoms with van der Waals surface area (Å²) in [6.07, 6.45) is 1.47. The number of hydrogen-bond acceptors (Lipinski definition) is 6. The van der Waals surface area contributed by atoms with Gasteiger partial charge >= 0.3 is 0 Å². The Morgan fingerprint density at radius 2 is 1.82 bits per heavy atom. The van der Waals surface area contributed by atoms with Crippen molar-refractivity contribution in [1.82, 2.24) is 20.0 Å². The van der Waals surface area contributed by atoms with Crippen molar-refractivity contribution in [2.24, 2.45) is 0 Å². The Morgan fingerprint density at radius 3 is 2.41 bits per heavy atom. The molecule has 0 radical (unpaired) electrons. The molecule has 9 heteroatoms. The molecule has 2 amide bonds. The van der Waals surface area contributed by atoms with Crippen LogP contribution in [0.2, 0.25) is 0 Å². The van der Waals surface area contributed by atoms with E-state index in [4.69, 9.17) is 0 Å². The monoisotopic (exact) mass is 324 g/mol. The van der Waals surface area contributed by atoms with Crippen molar-refractivity contribution in [2.75, 3.05) is 24.6 Å². The Morgan fingerprint density at radius 1 is 1.18 bits per heavy atom. The van der Waals surface area contributed by atoms with Crippen molar-refractivity contribution < 1.29 is 18.0 Å². The van der Waals surface area contributed by atoms with Crippen molar-refractivity contribution in [1.29, 1.82) is 0 Å². The molecule has 118 valence electrons. The van der Waals surface area contributed by atoms with Gasteiger partial charge in [0.1, 0.15) is 0 Å². The number of nitrogens with zero attached hydrogens (tertiary/aromatic N) is 4. The largest absolute Gasteiger partial charge is 0.335 e. The second-order valence-corrected chi connectivity index (χ2v) is 7.69. The van der Waals surface area contributed by atoms with E-state index in [-0.39, 0.29) is 29.0 Å². The fourth-order valence-corrected chi connectivity index (χ4v) is 5.14. The van der Waals surface area contributed by atoms with Gasteiger partial charge in [0.15, 0.2) is 15.5 Å². The van der Waals surface area contributed by atoms with Crippen molar-refractivity contribution in [3.8, 4) is 0 Å². The lowest BCUT2D eigenvalue weighted by molar-refractivity contribution is -0.133. The average molecular weight is 324 g/mol. The third-order valence-electron chi connectivity index (χ3n) is 4.13. The van der Waals surface area contributed by atoms with E-state index in [1.54, 1.807) is 17.0 Å². The second-order valence-electron chi connectivity index (χ2n) is 5.53. The first-order valence-corrected chi connectivity index (χ1v) is 8.77. The van der Waals surface area contributed by atoms with Crippen molar-refractivity contribution in [3.63, 3.8) is 0 Å². The predicted octanol–water partition coefficient (Wildman–Crippen LogP) is -1.05. The van der Waals surface area contributed by atoms with Gasteiger partial charge in [-0.2, -0.15) is 5.10 Å². The molecule has 0 spiro atoms. The molecule has 3 heterocycles. The van der Waals surface area contributed by atoms with Gasteiger partial charge in [-0.1, -0.05) is 0 Å². The molecular formula is C13H16N4O4S. The highest BCUT2D eigenvalue weighted by molar-refractivity contribution is 7.91. The molecule has 3 rings (SSSR count). The summed E-state index contributed by atoms with van der Waals surface area (Å²) in [6.45, 7) is 2.05. The highest BCUT2D eigenvalue weighted by Gasteiger charge is 2.49. The molecule has 1 aromatic rings. The minimum atomic E-state index is -3.27. The predicted molar refractivity (Wildman–Crippen MR) is 76.7 cm³/mol. The molecule has 0 N–H and O–H groups in total. The van der Waals surface area contributed by atoms with E-state index in [9.17, 15) is 18.0 Å². The maximum absolute atomic E-state index is 12.6. The zero-order chi connectivity index (χ0) is 15.9. The molecule has 2 fully saturated rings. The smallest absolute Gasteiger partial charge is 0.274 e. The van der Waals surface area contributed by atoms with Gasteiger partial charge in [0.25, 0.3) is 5.91 Å². The van der Waals surface area contributed by atoms with Crippen LogP contribution in [0.5, 0.6) is 0 Å². The first-order valence-electron chi connectivity index (χ1n) is 6.95. The van der Waals surface area contributed by atoms with Crippen LogP contribution in [-0.4, -0.2) is 76.9 Å². The standard InChI is InChI=1S/C13H16N4O4S/c1-9(18)16-5-6-17(12-8-22(20,21)7-11(12)16)13(19)10-3-2-4-14-15-10/h2-4,11-12H,5-8H2,1H3/t11-,12+/m0/s1. The maximum atomic E-state index is 12.6. The molecule has 2 atom stereocenters. The van der Waals surface area contributed by atoms with Gasteiger partial charge in [-0.25, -0.2) is 8.42 Å². The summed E-state index contributed by atoms with van der Waals surface area (Å²) in [5.41, 5.74) is 0.182. The van der Waals surface area contributed by atoms with Crippen LogP contribution < -0.4 is 0 Å². The van der Waals surface area contributed by atoms with E-state index in [1.165, 1.54) is 18.0 Å². The number of carbonyl (C=O) groups is 2. The number of rotatable bonds is 1. The fourth-order valence-electron chi connectivity index (χ4n) is 3.16. The molecule has 2 saturated heterocycles. The topological polar surface area (TPSA) is 101 Å². The van der Waals surface area contributed by atoms with Gasteiger partial charge in [0.05, 0.1) is 23.6 Å². The maximum Gasteiger partial charge on any atom is 0.274 e. The zero-order valence-corrected chi connectivity index (χ0v) is 12.9. The number of piperazine rings is 1. The Bertz CT molecular complexity index is 706. The number of sulfone groups is 1. The molecule has 2 aliphatic rings.